The fraction of sp³-hybridized carbons (Fsp3) is 0.333. The number of ether oxygens (including phenoxy) is 1. The van der Waals surface area contributed by atoms with Crippen molar-refractivity contribution in [3.05, 3.63) is 60.2 Å². The molecule has 0 amide bonds. The van der Waals surface area contributed by atoms with Crippen molar-refractivity contribution in [3.8, 4) is 16.9 Å². The maximum atomic E-state index is 12.7. The van der Waals surface area contributed by atoms with Crippen molar-refractivity contribution in [1.82, 2.24) is 5.32 Å². The monoisotopic (exact) mass is 361 g/mol. The molecule has 2 unspecified atom stereocenters. The third-order valence-corrected chi connectivity index (χ3v) is 4.50. The quantitative estimate of drug-likeness (QED) is 0.734. The van der Waals surface area contributed by atoms with Crippen molar-refractivity contribution < 1.29 is 18.6 Å². The fourth-order valence-corrected chi connectivity index (χ4v) is 2.41. The van der Waals surface area contributed by atoms with Crippen LogP contribution in [0.25, 0.3) is 17.2 Å². The Kier molecular flexibility index (Phi) is 6.89. The lowest BCUT2D eigenvalue weighted by Gasteiger charge is -2.29. The highest BCUT2D eigenvalue weighted by atomic mass is 19.3. The van der Waals surface area contributed by atoms with Gasteiger partial charge in [-0.25, -0.2) is 8.78 Å². The maximum Gasteiger partial charge on any atom is 0.268 e. The molecule has 3 nitrogen and oxygen atoms in total. The average Bonchev–Trinajstić information content (AvgIpc) is 2.65. The summed E-state index contributed by atoms with van der Waals surface area (Å²) in [6.45, 7) is 3.07. The normalized spacial score (nSPS) is 15.2. The molecule has 0 saturated carbocycles. The van der Waals surface area contributed by atoms with Crippen LogP contribution in [0.2, 0.25) is 0 Å². The second-order valence-corrected chi connectivity index (χ2v) is 6.41. The number of alkyl halides is 2. The zero-order valence-corrected chi connectivity index (χ0v) is 15.2. The SMILES string of the molecule is COc1ccc(-c2ccc(/C=C/CNC(C)C(C)(O)C(F)F)cc2)cc1. The van der Waals surface area contributed by atoms with Crippen molar-refractivity contribution in [2.75, 3.05) is 13.7 Å². The highest BCUT2D eigenvalue weighted by Crippen LogP contribution is 2.23. The van der Waals surface area contributed by atoms with Gasteiger partial charge in [0.1, 0.15) is 11.4 Å². The van der Waals surface area contributed by atoms with Crippen LogP contribution in [-0.2, 0) is 0 Å². The Labute approximate surface area is 153 Å². The molecule has 0 fully saturated rings. The molecule has 0 bridgehead atoms. The summed E-state index contributed by atoms with van der Waals surface area (Å²) in [7, 11) is 1.64. The Morgan fingerprint density at radius 2 is 1.62 bits per heavy atom. The Bertz CT molecular complexity index is 710. The van der Waals surface area contributed by atoms with E-state index in [-0.39, 0.29) is 0 Å². The zero-order chi connectivity index (χ0) is 19.2. The lowest BCUT2D eigenvalue weighted by atomic mass is 9.99. The summed E-state index contributed by atoms with van der Waals surface area (Å²) < 4.78 is 30.6. The lowest BCUT2D eigenvalue weighted by molar-refractivity contribution is -0.101. The summed E-state index contributed by atoms with van der Waals surface area (Å²) in [6, 6.07) is 15.2. The Hall–Kier alpha value is -2.24. The molecule has 2 aromatic carbocycles. The number of nitrogens with one attached hydrogen (secondary N) is 1. The highest BCUT2D eigenvalue weighted by Gasteiger charge is 2.37. The minimum atomic E-state index is -2.79. The third-order valence-electron chi connectivity index (χ3n) is 4.50. The summed E-state index contributed by atoms with van der Waals surface area (Å²) in [4.78, 5) is 0. The molecule has 2 N–H and O–H groups in total. The number of benzene rings is 2. The highest BCUT2D eigenvalue weighted by molar-refractivity contribution is 5.66. The number of halogens is 2. The first-order valence-electron chi connectivity index (χ1n) is 8.49. The number of rotatable bonds is 8. The first-order chi connectivity index (χ1) is 12.3. The van der Waals surface area contributed by atoms with Gasteiger partial charge < -0.3 is 15.2 Å². The number of hydrogen-bond acceptors (Lipinski definition) is 3. The van der Waals surface area contributed by atoms with Crippen LogP contribution in [0.1, 0.15) is 19.4 Å². The minimum Gasteiger partial charge on any atom is -0.497 e. The summed E-state index contributed by atoms with van der Waals surface area (Å²) in [5.74, 6) is 0.820. The van der Waals surface area contributed by atoms with Crippen molar-refractivity contribution in [3.63, 3.8) is 0 Å². The predicted molar refractivity (Wildman–Crippen MR) is 102 cm³/mol. The summed E-state index contributed by atoms with van der Waals surface area (Å²) in [5, 5.41) is 12.6. The van der Waals surface area contributed by atoms with Crippen LogP contribution in [0.3, 0.4) is 0 Å². The van der Waals surface area contributed by atoms with Gasteiger partial charge >= 0.3 is 0 Å². The van der Waals surface area contributed by atoms with E-state index >= 15 is 0 Å². The first-order valence-corrected chi connectivity index (χ1v) is 8.49. The molecular formula is C21H25F2NO2. The van der Waals surface area contributed by atoms with E-state index in [1.807, 2.05) is 60.7 Å². The molecule has 0 aliphatic carbocycles. The Morgan fingerprint density at radius 3 is 2.12 bits per heavy atom. The number of methoxy groups -OCH3 is 1. The average molecular weight is 361 g/mol. The van der Waals surface area contributed by atoms with Gasteiger partial charge in [-0.3, -0.25) is 0 Å². The molecule has 0 saturated heterocycles. The van der Waals surface area contributed by atoms with Crippen molar-refractivity contribution in [2.45, 2.75) is 31.9 Å². The van der Waals surface area contributed by atoms with Crippen molar-refractivity contribution in [2.24, 2.45) is 0 Å². The molecule has 26 heavy (non-hydrogen) atoms. The molecule has 2 rings (SSSR count). The standard InChI is InChI=1S/C21H25F2NO2/c1-15(21(2,25)20(22)23)24-14-4-5-16-6-8-17(9-7-16)18-10-12-19(26-3)13-11-18/h4-13,15,20,24-25H,14H2,1-3H3/b5-4+. The summed E-state index contributed by atoms with van der Waals surface area (Å²) >= 11 is 0. The molecule has 0 aromatic heterocycles. The second kappa shape index (κ2) is 8.92. The zero-order valence-electron chi connectivity index (χ0n) is 15.2. The second-order valence-electron chi connectivity index (χ2n) is 6.41. The van der Waals surface area contributed by atoms with Gasteiger partial charge in [-0.15, -0.1) is 0 Å². The first kappa shape index (κ1) is 20.1. The van der Waals surface area contributed by atoms with Gasteiger partial charge in [0.05, 0.1) is 7.11 Å². The van der Waals surface area contributed by atoms with Crippen LogP contribution in [0.5, 0.6) is 5.75 Å². The van der Waals surface area contributed by atoms with E-state index < -0.39 is 18.1 Å². The smallest absolute Gasteiger partial charge is 0.268 e. The van der Waals surface area contributed by atoms with Crippen LogP contribution < -0.4 is 10.1 Å². The van der Waals surface area contributed by atoms with Crippen LogP contribution in [-0.4, -0.2) is 36.8 Å². The van der Waals surface area contributed by atoms with Gasteiger partial charge in [0.2, 0.25) is 0 Å². The Balaban J connectivity index is 1.91. The molecule has 0 heterocycles. The van der Waals surface area contributed by atoms with Gasteiger partial charge in [0.15, 0.2) is 0 Å². The van der Waals surface area contributed by atoms with E-state index in [0.29, 0.717) is 6.54 Å². The third kappa shape index (κ3) is 5.13. The molecular weight excluding hydrogens is 336 g/mol. The van der Waals surface area contributed by atoms with E-state index in [1.54, 1.807) is 14.0 Å². The van der Waals surface area contributed by atoms with E-state index in [1.165, 1.54) is 0 Å². The molecule has 0 aliphatic heterocycles. The molecule has 2 aromatic rings. The topological polar surface area (TPSA) is 41.5 Å². The van der Waals surface area contributed by atoms with Crippen molar-refractivity contribution in [1.29, 1.82) is 0 Å². The molecule has 140 valence electrons. The van der Waals surface area contributed by atoms with Crippen LogP contribution in [0, 0.1) is 0 Å². The van der Waals surface area contributed by atoms with Gasteiger partial charge in [0.25, 0.3) is 6.43 Å². The van der Waals surface area contributed by atoms with E-state index in [9.17, 15) is 13.9 Å². The number of hydrogen-bond donors (Lipinski definition) is 2. The Morgan fingerprint density at radius 1 is 1.08 bits per heavy atom. The lowest BCUT2D eigenvalue weighted by Crippen LogP contribution is -2.51. The van der Waals surface area contributed by atoms with E-state index in [0.717, 1.165) is 29.4 Å². The van der Waals surface area contributed by atoms with Gasteiger partial charge in [-0.05, 0) is 42.7 Å². The molecule has 0 radical (unpaired) electrons. The summed E-state index contributed by atoms with van der Waals surface area (Å²) in [6.07, 6.45) is 0.967. The van der Waals surface area contributed by atoms with E-state index in [4.69, 9.17) is 4.74 Å². The van der Waals surface area contributed by atoms with Crippen LogP contribution in [0.15, 0.2) is 54.6 Å². The van der Waals surface area contributed by atoms with Gasteiger partial charge in [-0.1, -0.05) is 48.6 Å². The molecule has 5 heteroatoms. The predicted octanol–water partition coefficient (Wildman–Crippen LogP) is 4.37. The molecule has 2 atom stereocenters. The van der Waals surface area contributed by atoms with Crippen molar-refractivity contribution >= 4 is 6.08 Å². The molecule has 0 aliphatic rings. The van der Waals surface area contributed by atoms with E-state index in [2.05, 4.69) is 5.32 Å². The van der Waals surface area contributed by atoms with Crippen LogP contribution >= 0.6 is 0 Å². The van der Waals surface area contributed by atoms with Gasteiger partial charge in [0, 0.05) is 12.6 Å². The van der Waals surface area contributed by atoms with Crippen LogP contribution in [0.4, 0.5) is 8.78 Å². The fourth-order valence-electron chi connectivity index (χ4n) is 2.41. The number of aliphatic hydroxyl groups is 1. The summed E-state index contributed by atoms with van der Waals surface area (Å²) in [5.41, 5.74) is 1.17. The minimum absolute atomic E-state index is 0.393. The maximum absolute atomic E-state index is 12.7. The van der Waals surface area contributed by atoms with Gasteiger partial charge in [-0.2, -0.15) is 0 Å². The largest absolute Gasteiger partial charge is 0.497 e. The molecule has 0 spiro atoms.